The molecule has 118 valence electrons. The summed E-state index contributed by atoms with van der Waals surface area (Å²) in [6.07, 6.45) is 0. The van der Waals surface area contributed by atoms with Crippen molar-refractivity contribution < 1.29 is 45.3 Å². The van der Waals surface area contributed by atoms with E-state index in [4.69, 9.17) is 5.11 Å². The molecule has 0 radical (unpaired) electrons. The molecule has 0 amide bonds. The van der Waals surface area contributed by atoms with Crippen molar-refractivity contribution >= 4 is 0 Å². The Balaban J connectivity index is 3.03. The third kappa shape index (κ3) is 1.94. The molecule has 2 nitrogen and oxygen atoms in total. The predicted molar refractivity (Wildman–Crippen MR) is 54.9 cm³/mol. The molecule has 0 heterocycles. The lowest BCUT2D eigenvalue weighted by Gasteiger charge is -2.12. The van der Waals surface area contributed by atoms with Gasteiger partial charge in [-0.05, 0) is 0 Å². The molecule has 2 rings (SSSR count). The van der Waals surface area contributed by atoms with Crippen LogP contribution in [0.25, 0.3) is 11.1 Å². The van der Waals surface area contributed by atoms with Crippen molar-refractivity contribution in [3.8, 4) is 22.6 Å². The first-order valence-corrected chi connectivity index (χ1v) is 5.21. The quantitative estimate of drug-likeness (QED) is 0.473. The van der Waals surface area contributed by atoms with Crippen LogP contribution in [0.2, 0.25) is 0 Å². The molecule has 2 N–H and O–H groups in total. The third-order valence-corrected chi connectivity index (χ3v) is 2.73. The van der Waals surface area contributed by atoms with Crippen molar-refractivity contribution in [3.63, 3.8) is 0 Å². The second-order valence-electron chi connectivity index (χ2n) is 3.96. The van der Waals surface area contributed by atoms with Crippen LogP contribution in [0, 0.1) is 46.5 Å². The van der Waals surface area contributed by atoms with Gasteiger partial charge in [0.25, 0.3) is 0 Å². The van der Waals surface area contributed by atoms with Crippen molar-refractivity contribution in [2.45, 2.75) is 0 Å². The minimum atomic E-state index is -2.60. The number of hydrogen-bond donors (Lipinski definition) is 2. The molecule has 0 bridgehead atoms. The molecule has 0 saturated heterocycles. The molecule has 0 saturated carbocycles. The molecule has 0 spiro atoms. The maximum atomic E-state index is 13.6. The minimum absolute atomic E-state index is 1.96. The van der Waals surface area contributed by atoms with Crippen LogP contribution in [0.5, 0.6) is 11.5 Å². The standard InChI is InChI=1S/C12H2F8O2/c13-3-1(4(14)7(17)8(18)6(3)16)2-5(15)9(19)12(22)10(20)11(2)21/h21-22H. The molecule has 10 heteroatoms. The van der Waals surface area contributed by atoms with E-state index in [9.17, 15) is 40.2 Å². The van der Waals surface area contributed by atoms with Crippen molar-refractivity contribution in [1.82, 2.24) is 0 Å². The number of benzene rings is 2. The Labute approximate surface area is 115 Å². The molecule has 0 fully saturated rings. The summed E-state index contributed by atoms with van der Waals surface area (Å²) in [5, 5.41) is 18.0. The number of halogens is 8. The lowest BCUT2D eigenvalue weighted by molar-refractivity contribution is 0.349. The highest BCUT2D eigenvalue weighted by molar-refractivity contribution is 5.74. The van der Waals surface area contributed by atoms with Crippen LogP contribution < -0.4 is 0 Å². The first-order chi connectivity index (χ1) is 10.1. The van der Waals surface area contributed by atoms with Gasteiger partial charge in [0.15, 0.2) is 40.6 Å². The van der Waals surface area contributed by atoms with Crippen LogP contribution in [-0.2, 0) is 0 Å². The van der Waals surface area contributed by atoms with Gasteiger partial charge < -0.3 is 10.2 Å². The molecule has 2 aromatic rings. The zero-order chi connectivity index (χ0) is 16.9. The summed E-state index contributed by atoms with van der Waals surface area (Å²) in [5.41, 5.74) is -4.04. The molecular weight excluding hydrogens is 328 g/mol. The average Bonchev–Trinajstić information content (AvgIpc) is 2.50. The number of hydrogen-bond acceptors (Lipinski definition) is 2. The largest absolute Gasteiger partial charge is 0.504 e. The van der Waals surface area contributed by atoms with Gasteiger partial charge in [-0.3, -0.25) is 0 Å². The highest BCUT2D eigenvalue weighted by atomic mass is 19.2. The van der Waals surface area contributed by atoms with Crippen LogP contribution in [0.1, 0.15) is 0 Å². The maximum absolute atomic E-state index is 13.6. The normalized spacial score (nSPS) is 11.1. The van der Waals surface area contributed by atoms with Crippen molar-refractivity contribution in [2.75, 3.05) is 0 Å². The Kier molecular flexibility index (Phi) is 3.63. The molecule has 22 heavy (non-hydrogen) atoms. The monoisotopic (exact) mass is 330 g/mol. The minimum Gasteiger partial charge on any atom is -0.504 e. The van der Waals surface area contributed by atoms with Gasteiger partial charge in [0, 0.05) is 0 Å². The number of rotatable bonds is 1. The molecule has 0 aliphatic carbocycles. The van der Waals surface area contributed by atoms with Crippen LogP contribution in [0.4, 0.5) is 35.1 Å². The second kappa shape index (κ2) is 5.04. The first kappa shape index (κ1) is 15.9. The van der Waals surface area contributed by atoms with E-state index in [1.165, 1.54) is 0 Å². The summed E-state index contributed by atoms with van der Waals surface area (Å²) < 4.78 is 106. The highest BCUT2D eigenvalue weighted by Gasteiger charge is 2.33. The van der Waals surface area contributed by atoms with Crippen LogP contribution in [0.3, 0.4) is 0 Å². The zero-order valence-electron chi connectivity index (χ0n) is 9.92. The van der Waals surface area contributed by atoms with Crippen molar-refractivity contribution in [1.29, 1.82) is 0 Å². The zero-order valence-corrected chi connectivity index (χ0v) is 9.92. The topological polar surface area (TPSA) is 40.5 Å². The van der Waals surface area contributed by atoms with Gasteiger partial charge in [0.2, 0.25) is 17.5 Å². The number of phenols is 2. The fraction of sp³-hybridized carbons (Fsp3) is 0. The molecule has 0 aliphatic heterocycles. The summed E-state index contributed by atoms with van der Waals surface area (Å²) in [4.78, 5) is 0. The lowest BCUT2D eigenvalue weighted by Crippen LogP contribution is -2.06. The lowest BCUT2D eigenvalue weighted by atomic mass is 10.0. The van der Waals surface area contributed by atoms with Crippen LogP contribution in [-0.4, -0.2) is 10.2 Å². The van der Waals surface area contributed by atoms with E-state index in [1.807, 2.05) is 0 Å². The fourth-order valence-electron chi connectivity index (χ4n) is 1.69. The Bertz CT molecular complexity index is 677. The molecular formula is C12H2F8O2. The Morgan fingerprint density at radius 1 is 0.364 bits per heavy atom. The second-order valence-corrected chi connectivity index (χ2v) is 3.96. The molecule has 0 atom stereocenters. The Hall–Kier alpha value is -2.52. The molecule has 0 aliphatic rings. The Morgan fingerprint density at radius 3 is 1.18 bits per heavy atom. The summed E-state index contributed by atoms with van der Waals surface area (Å²) >= 11 is 0. The van der Waals surface area contributed by atoms with Crippen LogP contribution >= 0.6 is 0 Å². The molecule has 0 aromatic heterocycles. The van der Waals surface area contributed by atoms with E-state index in [0.717, 1.165) is 0 Å². The average molecular weight is 330 g/mol. The maximum Gasteiger partial charge on any atom is 0.210 e. The Morgan fingerprint density at radius 2 is 0.727 bits per heavy atom. The predicted octanol–water partition coefficient (Wildman–Crippen LogP) is 3.88. The van der Waals surface area contributed by atoms with E-state index in [2.05, 4.69) is 0 Å². The fourth-order valence-corrected chi connectivity index (χ4v) is 1.69. The molecule has 0 unspecified atom stereocenters. The van der Waals surface area contributed by atoms with Gasteiger partial charge in [0.1, 0.15) is 0 Å². The third-order valence-electron chi connectivity index (χ3n) is 2.73. The SMILES string of the molecule is Oc1c(F)c(O)c(-c2c(F)c(F)c(F)c(F)c2F)c(F)c1F. The summed E-state index contributed by atoms with van der Waals surface area (Å²) in [6.45, 7) is 0. The van der Waals surface area contributed by atoms with Gasteiger partial charge in [0.05, 0.1) is 11.1 Å². The van der Waals surface area contributed by atoms with Gasteiger partial charge in [-0.15, -0.1) is 0 Å². The summed E-state index contributed by atoms with van der Waals surface area (Å²) in [5.74, 6) is -23.9. The number of aromatic hydroxyl groups is 2. The van der Waals surface area contributed by atoms with E-state index in [1.54, 1.807) is 0 Å². The summed E-state index contributed by atoms with van der Waals surface area (Å²) in [7, 11) is 0. The van der Waals surface area contributed by atoms with Gasteiger partial charge in [-0.25, -0.2) is 26.3 Å². The van der Waals surface area contributed by atoms with Gasteiger partial charge in [-0.1, -0.05) is 0 Å². The first-order valence-electron chi connectivity index (χ1n) is 5.21. The van der Waals surface area contributed by atoms with Gasteiger partial charge in [-0.2, -0.15) is 8.78 Å². The van der Waals surface area contributed by atoms with Crippen molar-refractivity contribution in [3.05, 3.63) is 46.5 Å². The van der Waals surface area contributed by atoms with Crippen LogP contribution in [0.15, 0.2) is 0 Å². The van der Waals surface area contributed by atoms with E-state index in [-0.39, 0.29) is 0 Å². The smallest absolute Gasteiger partial charge is 0.210 e. The number of phenolic OH excluding ortho intramolecular Hbond substituents is 2. The van der Waals surface area contributed by atoms with E-state index < -0.39 is 69.2 Å². The highest BCUT2D eigenvalue weighted by Crippen LogP contribution is 2.43. The molecule has 2 aromatic carbocycles. The van der Waals surface area contributed by atoms with E-state index >= 15 is 0 Å². The van der Waals surface area contributed by atoms with Gasteiger partial charge >= 0.3 is 0 Å². The van der Waals surface area contributed by atoms with Crippen molar-refractivity contribution in [2.24, 2.45) is 0 Å². The summed E-state index contributed by atoms with van der Waals surface area (Å²) in [6, 6.07) is 0. The van der Waals surface area contributed by atoms with E-state index in [0.29, 0.717) is 0 Å².